The summed E-state index contributed by atoms with van der Waals surface area (Å²) in [5.41, 5.74) is 3.17. The Bertz CT molecular complexity index is 561. The van der Waals surface area contributed by atoms with Crippen LogP contribution in [0.2, 0.25) is 0 Å². The van der Waals surface area contributed by atoms with Gasteiger partial charge in [0.2, 0.25) is 5.88 Å². The van der Waals surface area contributed by atoms with Crippen molar-refractivity contribution in [1.82, 2.24) is 4.98 Å². The Morgan fingerprint density at radius 1 is 1.16 bits per heavy atom. The number of nitrogens with zero attached hydrogens (tertiary/aromatic N) is 1. The molecule has 0 bridgehead atoms. The average Bonchev–Trinajstić information content (AvgIpc) is 2.42. The summed E-state index contributed by atoms with van der Waals surface area (Å²) in [5, 5.41) is 0. The molecule has 4 heteroatoms. The standard InChI is InChI=1S/C15H16BrNO2/c1-10-7-13(8-11(2)15(10)16)19-9-12-5-4-6-14(17-12)18-3/h4-8H,9H2,1-3H3. The molecule has 0 atom stereocenters. The minimum atomic E-state index is 0.428. The molecule has 0 saturated carbocycles. The minimum absolute atomic E-state index is 0.428. The molecule has 0 unspecified atom stereocenters. The van der Waals surface area contributed by atoms with E-state index >= 15 is 0 Å². The van der Waals surface area contributed by atoms with E-state index in [-0.39, 0.29) is 0 Å². The first-order valence-corrected chi connectivity index (χ1v) is 6.79. The van der Waals surface area contributed by atoms with Crippen LogP contribution in [0.1, 0.15) is 16.8 Å². The maximum atomic E-state index is 5.77. The smallest absolute Gasteiger partial charge is 0.213 e. The van der Waals surface area contributed by atoms with Gasteiger partial charge in [0.05, 0.1) is 12.8 Å². The molecule has 1 aromatic heterocycles. The van der Waals surface area contributed by atoms with E-state index in [2.05, 4.69) is 20.9 Å². The molecule has 0 aliphatic carbocycles. The van der Waals surface area contributed by atoms with Gasteiger partial charge in [0.15, 0.2) is 0 Å². The third kappa shape index (κ3) is 3.47. The number of pyridine rings is 1. The van der Waals surface area contributed by atoms with Crippen molar-refractivity contribution < 1.29 is 9.47 Å². The number of ether oxygens (including phenoxy) is 2. The van der Waals surface area contributed by atoms with Gasteiger partial charge in [0.1, 0.15) is 12.4 Å². The van der Waals surface area contributed by atoms with Crippen molar-refractivity contribution in [2.75, 3.05) is 7.11 Å². The number of halogens is 1. The number of rotatable bonds is 4. The van der Waals surface area contributed by atoms with E-state index in [9.17, 15) is 0 Å². The van der Waals surface area contributed by atoms with Crippen molar-refractivity contribution in [3.63, 3.8) is 0 Å². The molecule has 0 aliphatic heterocycles. The van der Waals surface area contributed by atoms with Gasteiger partial charge in [-0.05, 0) is 43.2 Å². The van der Waals surface area contributed by atoms with Crippen LogP contribution < -0.4 is 9.47 Å². The molecule has 0 spiro atoms. The Morgan fingerprint density at radius 2 is 1.84 bits per heavy atom. The molecule has 0 amide bonds. The third-order valence-electron chi connectivity index (χ3n) is 2.79. The van der Waals surface area contributed by atoms with E-state index in [0.29, 0.717) is 12.5 Å². The highest BCUT2D eigenvalue weighted by Gasteiger charge is 2.04. The summed E-state index contributed by atoms with van der Waals surface area (Å²) >= 11 is 3.54. The second-order valence-corrected chi connectivity index (χ2v) is 5.12. The molecule has 2 rings (SSSR count). The van der Waals surface area contributed by atoms with Gasteiger partial charge in [0, 0.05) is 10.5 Å². The maximum Gasteiger partial charge on any atom is 0.213 e. The molecule has 0 N–H and O–H groups in total. The zero-order chi connectivity index (χ0) is 13.8. The summed E-state index contributed by atoms with van der Waals surface area (Å²) < 4.78 is 12.0. The van der Waals surface area contributed by atoms with E-state index in [1.165, 1.54) is 0 Å². The van der Waals surface area contributed by atoms with E-state index < -0.39 is 0 Å². The van der Waals surface area contributed by atoms with Crippen molar-refractivity contribution in [3.05, 3.63) is 51.6 Å². The summed E-state index contributed by atoms with van der Waals surface area (Å²) in [6.45, 7) is 4.53. The molecule has 100 valence electrons. The van der Waals surface area contributed by atoms with E-state index in [1.807, 2.05) is 44.2 Å². The van der Waals surface area contributed by atoms with E-state index in [4.69, 9.17) is 9.47 Å². The number of hydrogen-bond acceptors (Lipinski definition) is 3. The molecule has 0 aliphatic rings. The lowest BCUT2D eigenvalue weighted by Crippen LogP contribution is -2.00. The monoisotopic (exact) mass is 321 g/mol. The first kappa shape index (κ1) is 13.9. The van der Waals surface area contributed by atoms with Crippen LogP contribution in [0.3, 0.4) is 0 Å². The Hall–Kier alpha value is -1.55. The highest BCUT2D eigenvalue weighted by molar-refractivity contribution is 9.10. The fourth-order valence-electron chi connectivity index (χ4n) is 1.80. The molecule has 19 heavy (non-hydrogen) atoms. The van der Waals surface area contributed by atoms with Crippen LogP contribution in [0.4, 0.5) is 0 Å². The lowest BCUT2D eigenvalue weighted by atomic mass is 10.1. The summed E-state index contributed by atoms with van der Waals surface area (Å²) in [7, 11) is 1.61. The molecule has 1 aromatic carbocycles. The number of hydrogen-bond donors (Lipinski definition) is 0. The second kappa shape index (κ2) is 6.06. The molecule has 1 heterocycles. The van der Waals surface area contributed by atoms with Crippen LogP contribution in [0.5, 0.6) is 11.6 Å². The highest BCUT2D eigenvalue weighted by Crippen LogP contribution is 2.26. The zero-order valence-electron chi connectivity index (χ0n) is 11.2. The second-order valence-electron chi connectivity index (χ2n) is 4.33. The molecule has 2 aromatic rings. The number of aromatic nitrogens is 1. The normalized spacial score (nSPS) is 10.3. The van der Waals surface area contributed by atoms with Crippen molar-refractivity contribution in [2.24, 2.45) is 0 Å². The van der Waals surface area contributed by atoms with Crippen LogP contribution in [-0.2, 0) is 6.61 Å². The Balaban J connectivity index is 2.10. The van der Waals surface area contributed by atoms with Gasteiger partial charge < -0.3 is 9.47 Å². The van der Waals surface area contributed by atoms with Gasteiger partial charge in [-0.1, -0.05) is 22.0 Å². The predicted molar refractivity (Wildman–Crippen MR) is 78.7 cm³/mol. The first-order chi connectivity index (χ1) is 9.10. The number of benzene rings is 1. The van der Waals surface area contributed by atoms with Crippen LogP contribution in [0.15, 0.2) is 34.8 Å². The van der Waals surface area contributed by atoms with E-state index in [0.717, 1.165) is 27.0 Å². The Morgan fingerprint density at radius 3 is 2.47 bits per heavy atom. The van der Waals surface area contributed by atoms with Gasteiger partial charge >= 0.3 is 0 Å². The average molecular weight is 322 g/mol. The number of methoxy groups -OCH3 is 1. The SMILES string of the molecule is COc1cccc(COc2cc(C)c(Br)c(C)c2)n1. The van der Waals surface area contributed by atoms with Gasteiger partial charge in [-0.3, -0.25) is 0 Å². The van der Waals surface area contributed by atoms with Crippen LogP contribution in [-0.4, -0.2) is 12.1 Å². The molecule has 0 radical (unpaired) electrons. The van der Waals surface area contributed by atoms with Crippen LogP contribution in [0, 0.1) is 13.8 Å². The summed E-state index contributed by atoms with van der Waals surface area (Å²) in [6.07, 6.45) is 0. The quantitative estimate of drug-likeness (QED) is 0.851. The summed E-state index contributed by atoms with van der Waals surface area (Å²) in [6, 6.07) is 9.66. The van der Waals surface area contributed by atoms with Gasteiger partial charge in [-0.15, -0.1) is 0 Å². The van der Waals surface area contributed by atoms with Crippen molar-refractivity contribution >= 4 is 15.9 Å². The molecular formula is C15H16BrNO2. The first-order valence-electron chi connectivity index (χ1n) is 5.99. The predicted octanol–water partition coefficient (Wildman–Crippen LogP) is 4.05. The third-order valence-corrected chi connectivity index (χ3v) is 4.04. The Kier molecular flexibility index (Phi) is 4.43. The van der Waals surface area contributed by atoms with E-state index in [1.54, 1.807) is 7.11 Å². The fourth-order valence-corrected chi connectivity index (χ4v) is 2.03. The van der Waals surface area contributed by atoms with Gasteiger partial charge in [0.25, 0.3) is 0 Å². The van der Waals surface area contributed by atoms with Crippen molar-refractivity contribution in [3.8, 4) is 11.6 Å². The maximum absolute atomic E-state index is 5.77. The summed E-state index contributed by atoms with van der Waals surface area (Å²) in [5.74, 6) is 1.45. The molecule has 0 fully saturated rings. The van der Waals surface area contributed by atoms with Gasteiger partial charge in [-0.2, -0.15) is 0 Å². The number of aryl methyl sites for hydroxylation is 2. The molecular weight excluding hydrogens is 306 g/mol. The summed E-state index contributed by atoms with van der Waals surface area (Å²) in [4.78, 5) is 4.31. The highest BCUT2D eigenvalue weighted by atomic mass is 79.9. The van der Waals surface area contributed by atoms with Crippen LogP contribution >= 0.6 is 15.9 Å². The van der Waals surface area contributed by atoms with Gasteiger partial charge in [-0.25, -0.2) is 4.98 Å². The molecule has 0 saturated heterocycles. The minimum Gasteiger partial charge on any atom is -0.487 e. The molecule has 3 nitrogen and oxygen atoms in total. The van der Waals surface area contributed by atoms with Crippen molar-refractivity contribution in [1.29, 1.82) is 0 Å². The Labute approximate surface area is 121 Å². The van der Waals surface area contributed by atoms with Crippen molar-refractivity contribution in [2.45, 2.75) is 20.5 Å². The lowest BCUT2D eigenvalue weighted by Gasteiger charge is -2.10. The lowest BCUT2D eigenvalue weighted by molar-refractivity contribution is 0.297. The topological polar surface area (TPSA) is 31.4 Å². The zero-order valence-corrected chi connectivity index (χ0v) is 12.8. The largest absolute Gasteiger partial charge is 0.487 e. The fraction of sp³-hybridized carbons (Fsp3) is 0.267. The van der Waals surface area contributed by atoms with Crippen LogP contribution in [0.25, 0.3) is 0 Å².